The Morgan fingerprint density at radius 3 is 2.65 bits per heavy atom. The van der Waals surface area contributed by atoms with E-state index in [0.717, 1.165) is 49.9 Å². The second kappa shape index (κ2) is 5.98. The Hall–Kier alpha value is -1.85. The molecule has 0 unspecified atom stereocenters. The largest absolute Gasteiger partial charge is 0.348 e. The minimum Gasteiger partial charge on any atom is -0.348 e. The molecule has 2 aliphatic carbocycles. The third kappa shape index (κ3) is 2.99. The van der Waals surface area contributed by atoms with Crippen LogP contribution in [0.25, 0.3) is 0 Å². The summed E-state index contributed by atoms with van der Waals surface area (Å²) in [5.74, 6) is 0.383. The smallest absolute Gasteiger partial charge is 0.272 e. The predicted octanol–water partition coefficient (Wildman–Crippen LogP) is 1.77. The van der Waals surface area contributed by atoms with Crippen molar-refractivity contribution in [3.05, 3.63) is 17.0 Å². The highest BCUT2D eigenvalue weighted by Gasteiger charge is 2.36. The van der Waals surface area contributed by atoms with Crippen molar-refractivity contribution in [3.63, 3.8) is 0 Å². The third-order valence-corrected chi connectivity index (χ3v) is 5.33. The molecule has 6 heteroatoms. The van der Waals surface area contributed by atoms with E-state index in [1.807, 2.05) is 4.90 Å². The molecular weight excluding hydrogens is 292 g/mol. The standard InChI is InChI=1S/C17H24N4O2/c22-16(18-12-4-2-1-3-5-12)15-13-10-21(17(23)11-6-7-11)9-8-14(13)19-20-15/h11-12H,1-10H2,(H,18,22)(H,19,20). The number of nitrogens with one attached hydrogen (secondary N) is 2. The summed E-state index contributed by atoms with van der Waals surface area (Å²) in [5.41, 5.74) is 2.41. The molecule has 2 N–H and O–H groups in total. The predicted molar refractivity (Wildman–Crippen MR) is 84.8 cm³/mol. The molecule has 1 aromatic rings. The molecule has 0 aromatic carbocycles. The highest BCUT2D eigenvalue weighted by molar-refractivity contribution is 5.94. The van der Waals surface area contributed by atoms with E-state index in [9.17, 15) is 9.59 Å². The summed E-state index contributed by atoms with van der Waals surface area (Å²) >= 11 is 0. The number of nitrogens with zero attached hydrogens (tertiary/aromatic N) is 2. The minimum absolute atomic E-state index is 0.0879. The summed E-state index contributed by atoms with van der Waals surface area (Å²) in [5, 5.41) is 10.4. The molecule has 4 rings (SSSR count). The Kier molecular flexibility index (Phi) is 3.83. The van der Waals surface area contributed by atoms with Crippen molar-refractivity contribution in [1.29, 1.82) is 0 Å². The lowest BCUT2D eigenvalue weighted by Crippen LogP contribution is -2.39. The number of carbonyl (C=O) groups excluding carboxylic acids is 2. The van der Waals surface area contributed by atoms with Crippen LogP contribution >= 0.6 is 0 Å². The number of carbonyl (C=O) groups is 2. The average molecular weight is 316 g/mol. The molecule has 0 radical (unpaired) electrons. The van der Waals surface area contributed by atoms with Crippen LogP contribution in [0.15, 0.2) is 0 Å². The number of hydrogen-bond donors (Lipinski definition) is 2. The van der Waals surface area contributed by atoms with Crippen LogP contribution in [-0.2, 0) is 17.8 Å². The molecule has 1 aliphatic heterocycles. The van der Waals surface area contributed by atoms with Gasteiger partial charge in [0, 0.05) is 42.7 Å². The van der Waals surface area contributed by atoms with E-state index >= 15 is 0 Å². The zero-order valence-electron chi connectivity index (χ0n) is 13.4. The van der Waals surface area contributed by atoms with E-state index in [4.69, 9.17) is 0 Å². The number of aromatic nitrogens is 2. The second-order valence-electron chi connectivity index (χ2n) is 7.12. The fourth-order valence-electron chi connectivity index (χ4n) is 3.76. The number of hydrogen-bond acceptors (Lipinski definition) is 3. The van der Waals surface area contributed by atoms with Gasteiger partial charge in [0.05, 0.1) is 0 Å². The number of rotatable bonds is 3. The van der Waals surface area contributed by atoms with E-state index < -0.39 is 0 Å². The van der Waals surface area contributed by atoms with E-state index in [-0.39, 0.29) is 23.8 Å². The van der Waals surface area contributed by atoms with Crippen molar-refractivity contribution in [2.75, 3.05) is 6.54 Å². The average Bonchev–Trinajstić information content (AvgIpc) is 3.34. The van der Waals surface area contributed by atoms with Gasteiger partial charge in [0.1, 0.15) is 0 Å². The molecule has 124 valence electrons. The van der Waals surface area contributed by atoms with Crippen molar-refractivity contribution < 1.29 is 9.59 Å². The topological polar surface area (TPSA) is 78.1 Å². The lowest BCUT2D eigenvalue weighted by atomic mass is 9.95. The van der Waals surface area contributed by atoms with Gasteiger partial charge in [-0.3, -0.25) is 14.7 Å². The van der Waals surface area contributed by atoms with Gasteiger partial charge in [-0.05, 0) is 25.7 Å². The quantitative estimate of drug-likeness (QED) is 0.892. The minimum atomic E-state index is -0.0879. The Morgan fingerprint density at radius 2 is 1.91 bits per heavy atom. The number of H-pyrrole nitrogens is 1. The SMILES string of the molecule is O=C(NC1CCCCC1)c1n[nH]c2c1CN(C(=O)C1CC1)CC2. The molecule has 2 fully saturated rings. The zero-order valence-corrected chi connectivity index (χ0v) is 13.4. The fraction of sp³-hybridized carbons (Fsp3) is 0.706. The molecule has 2 saturated carbocycles. The summed E-state index contributed by atoms with van der Waals surface area (Å²) in [7, 11) is 0. The monoisotopic (exact) mass is 316 g/mol. The molecule has 0 saturated heterocycles. The normalized spacial score (nSPS) is 21.8. The van der Waals surface area contributed by atoms with Gasteiger partial charge in [0.15, 0.2) is 5.69 Å². The molecule has 0 bridgehead atoms. The number of amides is 2. The van der Waals surface area contributed by atoms with Crippen LogP contribution in [-0.4, -0.2) is 39.5 Å². The van der Waals surface area contributed by atoms with Crippen LogP contribution in [0.4, 0.5) is 0 Å². The maximum absolute atomic E-state index is 12.6. The number of fused-ring (bicyclic) bond motifs is 1. The van der Waals surface area contributed by atoms with Crippen molar-refractivity contribution in [3.8, 4) is 0 Å². The van der Waals surface area contributed by atoms with Gasteiger partial charge >= 0.3 is 0 Å². The molecule has 3 aliphatic rings. The van der Waals surface area contributed by atoms with Crippen LogP contribution in [0.5, 0.6) is 0 Å². The van der Waals surface area contributed by atoms with Gasteiger partial charge in [0.2, 0.25) is 5.91 Å². The first-order valence-electron chi connectivity index (χ1n) is 8.88. The van der Waals surface area contributed by atoms with Crippen LogP contribution in [0.2, 0.25) is 0 Å². The van der Waals surface area contributed by atoms with Crippen molar-refractivity contribution in [1.82, 2.24) is 20.4 Å². The third-order valence-electron chi connectivity index (χ3n) is 5.33. The Balaban J connectivity index is 1.46. The first kappa shape index (κ1) is 14.7. The molecule has 6 nitrogen and oxygen atoms in total. The number of aromatic amines is 1. The molecule has 1 aromatic heterocycles. The van der Waals surface area contributed by atoms with Gasteiger partial charge in [-0.15, -0.1) is 0 Å². The fourth-order valence-corrected chi connectivity index (χ4v) is 3.76. The van der Waals surface area contributed by atoms with Gasteiger partial charge in [-0.1, -0.05) is 19.3 Å². The molecule has 2 heterocycles. The Labute approximate surface area is 136 Å². The summed E-state index contributed by atoms with van der Waals surface area (Å²) in [6.45, 7) is 1.25. The van der Waals surface area contributed by atoms with Crippen molar-refractivity contribution in [2.24, 2.45) is 5.92 Å². The first-order valence-corrected chi connectivity index (χ1v) is 8.88. The lowest BCUT2D eigenvalue weighted by Gasteiger charge is -2.27. The van der Waals surface area contributed by atoms with Gasteiger partial charge in [-0.25, -0.2) is 0 Å². The van der Waals surface area contributed by atoms with Crippen LogP contribution in [0.1, 0.15) is 66.7 Å². The molecule has 0 atom stereocenters. The van der Waals surface area contributed by atoms with Crippen LogP contribution in [0, 0.1) is 5.92 Å². The second-order valence-corrected chi connectivity index (χ2v) is 7.12. The molecule has 0 spiro atoms. The van der Waals surface area contributed by atoms with E-state index in [1.54, 1.807) is 0 Å². The maximum atomic E-state index is 12.6. The van der Waals surface area contributed by atoms with Crippen LogP contribution in [0.3, 0.4) is 0 Å². The molecule has 23 heavy (non-hydrogen) atoms. The Morgan fingerprint density at radius 1 is 1.13 bits per heavy atom. The van der Waals surface area contributed by atoms with E-state index in [0.29, 0.717) is 12.2 Å². The van der Waals surface area contributed by atoms with Gasteiger partial charge in [0.25, 0.3) is 5.91 Å². The van der Waals surface area contributed by atoms with Gasteiger partial charge < -0.3 is 10.2 Å². The van der Waals surface area contributed by atoms with Crippen molar-refractivity contribution in [2.45, 2.75) is 64.0 Å². The Bertz CT molecular complexity index is 614. The molecular formula is C17H24N4O2. The highest BCUT2D eigenvalue weighted by atomic mass is 16.2. The zero-order chi connectivity index (χ0) is 15.8. The van der Waals surface area contributed by atoms with E-state index in [2.05, 4.69) is 15.5 Å². The lowest BCUT2D eigenvalue weighted by molar-refractivity contribution is -0.133. The molecule has 2 amide bonds. The highest BCUT2D eigenvalue weighted by Crippen LogP contribution is 2.33. The maximum Gasteiger partial charge on any atom is 0.272 e. The van der Waals surface area contributed by atoms with Crippen LogP contribution < -0.4 is 5.32 Å². The van der Waals surface area contributed by atoms with E-state index in [1.165, 1.54) is 19.3 Å². The summed E-state index contributed by atoms with van der Waals surface area (Å²) < 4.78 is 0. The summed E-state index contributed by atoms with van der Waals surface area (Å²) in [6, 6.07) is 0.274. The van der Waals surface area contributed by atoms with Gasteiger partial charge in [-0.2, -0.15) is 5.10 Å². The summed E-state index contributed by atoms with van der Waals surface area (Å²) in [4.78, 5) is 26.8. The van der Waals surface area contributed by atoms with Crippen molar-refractivity contribution >= 4 is 11.8 Å². The summed E-state index contributed by atoms with van der Waals surface area (Å²) in [6.07, 6.45) is 8.56. The first-order chi connectivity index (χ1) is 11.2.